The Morgan fingerprint density at radius 1 is 1.50 bits per heavy atom. The smallest absolute Gasteiger partial charge is 0.124 e. The fourth-order valence-electron chi connectivity index (χ4n) is 0.333. The van der Waals surface area contributed by atoms with Gasteiger partial charge in [-0.2, -0.15) is 0 Å². The van der Waals surface area contributed by atoms with Gasteiger partial charge in [0.25, 0.3) is 0 Å². The van der Waals surface area contributed by atoms with E-state index in [9.17, 15) is 0 Å². The largest absolute Gasteiger partial charge is 0.137 e. The predicted octanol–water partition coefficient (Wildman–Crippen LogP) is 1.66. The minimum atomic E-state index is 1.36. The van der Waals surface area contributed by atoms with Crippen LogP contribution in [0.5, 0.6) is 0 Å². The molecule has 0 atom stereocenters. The van der Waals surface area contributed by atoms with Gasteiger partial charge in [-0.25, -0.2) is 0 Å². The van der Waals surface area contributed by atoms with Crippen LogP contribution >= 0.6 is 0 Å². The minimum absolute atomic E-state index is 1.36. The van der Waals surface area contributed by atoms with Gasteiger partial charge in [-0.15, -0.1) is 5.98 Å². The lowest BCUT2D eigenvalue weighted by atomic mass is 9.81. The van der Waals surface area contributed by atoms with Crippen LogP contribution in [0.2, 0.25) is 6.82 Å². The van der Waals surface area contributed by atoms with Gasteiger partial charge in [-0.05, 0) is 13.8 Å². The zero-order chi connectivity index (χ0) is 4.99. The van der Waals surface area contributed by atoms with Crippen molar-refractivity contribution in [3.8, 4) is 0 Å². The van der Waals surface area contributed by atoms with Crippen LogP contribution in [0.3, 0.4) is 0 Å². The van der Waals surface area contributed by atoms with Crippen LogP contribution in [-0.2, 0) is 0 Å². The molecule has 0 rings (SSSR count). The monoisotopic (exact) mass is 81.1 g/mol. The van der Waals surface area contributed by atoms with Gasteiger partial charge in [0.15, 0.2) is 0 Å². The SMILES string of the molecule is C[B]C=C(C)C. The van der Waals surface area contributed by atoms with Gasteiger partial charge in [-0.1, -0.05) is 12.4 Å². The van der Waals surface area contributed by atoms with Gasteiger partial charge in [0.1, 0.15) is 7.28 Å². The highest BCUT2D eigenvalue weighted by Crippen LogP contribution is 1.83. The number of allylic oxidation sites excluding steroid dienone is 1. The summed E-state index contributed by atoms with van der Waals surface area (Å²) in [5.74, 6) is 2.08. The Morgan fingerprint density at radius 3 is 2.00 bits per heavy atom. The molecule has 0 saturated carbocycles. The first-order chi connectivity index (χ1) is 2.77. The molecular weight excluding hydrogens is 70.9 g/mol. The van der Waals surface area contributed by atoms with E-state index in [1.807, 2.05) is 14.1 Å². The third-order valence-corrected chi connectivity index (χ3v) is 0.500. The lowest BCUT2D eigenvalue weighted by Crippen LogP contribution is -1.71. The van der Waals surface area contributed by atoms with Gasteiger partial charge >= 0.3 is 0 Å². The molecule has 0 saturated heterocycles. The Hall–Kier alpha value is -0.195. The zero-order valence-corrected chi connectivity index (χ0v) is 4.65. The maximum Gasteiger partial charge on any atom is 0.137 e. The van der Waals surface area contributed by atoms with Crippen molar-refractivity contribution >= 4 is 7.28 Å². The van der Waals surface area contributed by atoms with Crippen molar-refractivity contribution in [2.75, 3.05) is 0 Å². The van der Waals surface area contributed by atoms with Crippen LogP contribution in [0.1, 0.15) is 13.8 Å². The molecule has 0 N–H and O–H groups in total. The van der Waals surface area contributed by atoms with E-state index in [-0.39, 0.29) is 0 Å². The molecule has 0 aromatic carbocycles. The van der Waals surface area contributed by atoms with Crippen LogP contribution in [-0.4, -0.2) is 7.28 Å². The Bertz CT molecular complexity index is 51.0. The van der Waals surface area contributed by atoms with Gasteiger partial charge in [0, 0.05) is 0 Å². The summed E-state index contributed by atoms with van der Waals surface area (Å²) in [4.78, 5) is 0. The molecule has 0 aliphatic carbocycles. The summed E-state index contributed by atoms with van der Waals surface area (Å²) in [6.45, 7) is 6.19. The van der Waals surface area contributed by atoms with Gasteiger partial charge in [0.2, 0.25) is 0 Å². The van der Waals surface area contributed by atoms with Crippen molar-refractivity contribution in [2.24, 2.45) is 0 Å². The second-order valence-corrected chi connectivity index (χ2v) is 1.58. The number of hydrogen-bond donors (Lipinski definition) is 0. The Labute approximate surface area is 40.5 Å². The van der Waals surface area contributed by atoms with Crippen LogP contribution in [0, 0.1) is 0 Å². The molecule has 0 spiro atoms. The summed E-state index contributed by atoms with van der Waals surface area (Å²) >= 11 is 0. The predicted molar refractivity (Wildman–Crippen MR) is 31.0 cm³/mol. The summed E-state index contributed by atoms with van der Waals surface area (Å²) in [6, 6.07) is 0. The highest BCUT2D eigenvalue weighted by molar-refractivity contribution is 6.40. The van der Waals surface area contributed by atoms with Gasteiger partial charge < -0.3 is 0 Å². The van der Waals surface area contributed by atoms with Crippen LogP contribution in [0.4, 0.5) is 0 Å². The third-order valence-electron chi connectivity index (χ3n) is 0.500. The summed E-state index contributed by atoms with van der Waals surface area (Å²) in [5.41, 5.74) is 1.36. The molecule has 0 fully saturated rings. The van der Waals surface area contributed by atoms with Crippen molar-refractivity contribution in [3.63, 3.8) is 0 Å². The molecule has 1 heteroatoms. The topological polar surface area (TPSA) is 0 Å². The summed E-state index contributed by atoms with van der Waals surface area (Å²) in [5, 5.41) is 0. The second-order valence-electron chi connectivity index (χ2n) is 1.58. The Balaban J connectivity index is 3.14. The van der Waals surface area contributed by atoms with Gasteiger partial charge in [0.05, 0.1) is 0 Å². The molecule has 0 aliphatic rings. The van der Waals surface area contributed by atoms with E-state index in [2.05, 4.69) is 19.8 Å². The maximum atomic E-state index is 2.08. The molecular formula is C5H10B. The number of rotatable bonds is 1. The molecule has 0 nitrogen and oxygen atoms in total. The number of hydrogen-bond acceptors (Lipinski definition) is 0. The van der Waals surface area contributed by atoms with Crippen molar-refractivity contribution in [1.82, 2.24) is 0 Å². The summed E-state index contributed by atoms with van der Waals surface area (Å²) in [6.07, 6.45) is 0. The zero-order valence-electron chi connectivity index (χ0n) is 4.65. The molecule has 33 valence electrons. The first-order valence-electron chi connectivity index (χ1n) is 2.20. The molecule has 0 aromatic heterocycles. The van der Waals surface area contributed by atoms with E-state index in [4.69, 9.17) is 0 Å². The fraction of sp³-hybridized carbons (Fsp3) is 0.600. The Morgan fingerprint density at radius 2 is 2.00 bits per heavy atom. The summed E-state index contributed by atoms with van der Waals surface area (Å²) < 4.78 is 0. The molecule has 1 radical (unpaired) electrons. The van der Waals surface area contributed by atoms with Crippen LogP contribution < -0.4 is 0 Å². The quantitative estimate of drug-likeness (QED) is 0.421. The maximum absolute atomic E-state index is 2.08. The average molecular weight is 80.9 g/mol. The molecule has 0 bridgehead atoms. The Kier molecular flexibility index (Phi) is 2.92. The van der Waals surface area contributed by atoms with Gasteiger partial charge in [-0.3, -0.25) is 0 Å². The first kappa shape index (κ1) is 5.80. The lowest BCUT2D eigenvalue weighted by Gasteiger charge is -1.79. The van der Waals surface area contributed by atoms with E-state index in [0.29, 0.717) is 0 Å². The van der Waals surface area contributed by atoms with E-state index in [0.717, 1.165) is 0 Å². The fourth-order valence-corrected chi connectivity index (χ4v) is 0.333. The molecule has 0 amide bonds. The van der Waals surface area contributed by atoms with Crippen molar-refractivity contribution in [2.45, 2.75) is 20.7 Å². The molecule has 0 aliphatic heterocycles. The lowest BCUT2D eigenvalue weighted by molar-refractivity contribution is 1.41. The normalized spacial score (nSPS) is 7.17. The standard InChI is InChI=1S/C5H10B/c1-5(2)4-6-3/h4H,1-3H3. The average Bonchev–Trinajstić information content (AvgIpc) is 1.35. The molecule has 0 unspecified atom stereocenters. The second kappa shape index (κ2) is 3.01. The highest BCUT2D eigenvalue weighted by atomic mass is 13.7. The van der Waals surface area contributed by atoms with E-state index in [1.165, 1.54) is 5.57 Å². The van der Waals surface area contributed by atoms with E-state index >= 15 is 0 Å². The van der Waals surface area contributed by atoms with E-state index in [1.54, 1.807) is 0 Å². The molecule has 0 aromatic rings. The first-order valence-corrected chi connectivity index (χ1v) is 2.20. The minimum Gasteiger partial charge on any atom is -0.124 e. The third kappa shape index (κ3) is 3.80. The molecule has 6 heavy (non-hydrogen) atoms. The van der Waals surface area contributed by atoms with Crippen LogP contribution in [0.15, 0.2) is 11.5 Å². The van der Waals surface area contributed by atoms with Crippen LogP contribution in [0.25, 0.3) is 0 Å². The van der Waals surface area contributed by atoms with Crippen molar-refractivity contribution in [1.29, 1.82) is 0 Å². The molecule has 0 heterocycles. The highest BCUT2D eigenvalue weighted by Gasteiger charge is 1.69. The van der Waals surface area contributed by atoms with Crippen molar-refractivity contribution in [3.05, 3.63) is 11.5 Å². The van der Waals surface area contributed by atoms with Crippen molar-refractivity contribution < 1.29 is 0 Å². The summed E-state index contributed by atoms with van der Waals surface area (Å²) in [7, 11) is 2.04. The van der Waals surface area contributed by atoms with E-state index < -0.39 is 0 Å².